The number of piperidine rings is 2. The molecule has 0 unspecified atom stereocenters. The van der Waals surface area contributed by atoms with Crippen LogP contribution in [0.15, 0.2) is 292 Å². The Morgan fingerprint density at radius 1 is 0.359 bits per heavy atom. The third-order valence-electron chi connectivity index (χ3n) is 29.2. The molecule has 0 saturated carbocycles. The SMILES string of the molecule is COc1ccc(Cn2c(CCc3c[nH]c4ccccc34)nnc2[C@@H](Cc2c[nH]c3ccccc23)NC(=O)C2(N)CCNCC2)cc1.NC1(C(=O)N[C@H](Cc2c[nH]c3ccccc23)c2nnc(CCc3c[nH]c4ccccc34)n2Cc2cccc3ccccc23)CCNCC1.O=C(N[C@H](Cc1c[nH]c2ccccc12)c1nnc(CCCc2c[nH]c3ccccc23)n1Cc1cccc2ccccc12)C1CCOCC1. The van der Waals surface area contributed by atoms with Crippen molar-refractivity contribution >= 4 is 105 Å². The number of hydrogen-bond donors (Lipinski definition) is 13. The van der Waals surface area contributed by atoms with E-state index in [1.165, 1.54) is 65.5 Å². The summed E-state index contributed by atoms with van der Waals surface area (Å²) in [6.45, 7) is 5.82. The lowest BCUT2D eigenvalue weighted by atomic mass is 9.88. The quantitative estimate of drug-likeness (QED) is 0.0186. The largest absolute Gasteiger partial charge is 0.497 e. The molecule has 3 fully saturated rings. The summed E-state index contributed by atoms with van der Waals surface area (Å²) in [6.07, 6.45) is 23.5. The fourth-order valence-corrected chi connectivity index (χ4v) is 21.2. The highest BCUT2D eigenvalue weighted by Gasteiger charge is 2.41. The molecule has 0 spiro atoms. The highest BCUT2D eigenvalue weighted by molar-refractivity contribution is 5.92. The number of fused-ring (bicyclic) bond motifs is 8. The Labute approximate surface area is 822 Å². The van der Waals surface area contributed by atoms with Crippen molar-refractivity contribution in [1.29, 1.82) is 0 Å². The number of aryl methyl sites for hydroxylation is 6. The molecule has 3 amide bonds. The van der Waals surface area contributed by atoms with Crippen LogP contribution in [0.2, 0.25) is 0 Å². The molecule has 12 heterocycles. The molecule has 9 aromatic heterocycles. The van der Waals surface area contributed by atoms with Crippen molar-refractivity contribution in [2.75, 3.05) is 46.5 Å². The van der Waals surface area contributed by atoms with Gasteiger partial charge in [-0.15, -0.1) is 30.6 Å². The maximum atomic E-state index is 14.0. The second-order valence-corrected chi connectivity index (χ2v) is 38.2. The maximum absolute atomic E-state index is 14.0. The Bertz CT molecular complexity index is 7790. The van der Waals surface area contributed by atoms with Crippen LogP contribution >= 0.6 is 0 Å². The van der Waals surface area contributed by atoms with E-state index >= 15 is 0 Å². The molecule has 27 nitrogen and oxygen atoms in total. The molecule has 27 heteroatoms. The van der Waals surface area contributed by atoms with Crippen LogP contribution in [0.4, 0.5) is 0 Å². The number of carbonyl (C=O) groups is 3. The van der Waals surface area contributed by atoms with Gasteiger partial charge >= 0.3 is 0 Å². The zero-order valence-electron chi connectivity index (χ0n) is 79.9. The minimum atomic E-state index is -0.942. The van der Waals surface area contributed by atoms with E-state index < -0.39 is 23.2 Å². The molecule has 0 radical (unpaired) electrons. The van der Waals surface area contributed by atoms with Crippen LogP contribution in [0.5, 0.6) is 5.75 Å². The van der Waals surface area contributed by atoms with Crippen LogP contribution in [0.3, 0.4) is 0 Å². The zero-order valence-corrected chi connectivity index (χ0v) is 79.9. The molecule has 23 rings (SSSR count). The van der Waals surface area contributed by atoms with Crippen LogP contribution < -0.4 is 42.8 Å². The lowest BCUT2D eigenvalue weighted by molar-refractivity contribution is -0.129. The number of aromatic nitrogens is 15. The number of benzene rings is 11. The molecule has 11 aromatic carbocycles. The number of H-pyrrole nitrogens is 6. The number of aromatic amines is 6. The van der Waals surface area contributed by atoms with E-state index in [1.54, 1.807) is 7.11 Å². The fourth-order valence-electron chi connectivity index (χ4n) is 21.2. The molecule has 0 bridgehead atoms. The number of ether oxygens (including phenoxy) is 2. The molecule has 3 aliphatic rings. The normalized spacial score (nSPS) is 15.0. The minimum absolute atomic E-state index is 0.0590. The number of amides is 3. The van der Waals surface area contributed by atoms with E-state index in [4.69, 9.17) is 51.5 Å². The van der Waals surface area contributed by atoms with Gasteiger partial charge in [0.1, 0.15) is 23.2 Å². The number of carbonyl (C=O) groups excluding carboxylic acids is 3. The van der Waals surface area contributed by atoms with Crippen LogP contribution in [-0.4, -0.2) is 149 Å². The number of nitrogens with two attached hydrogens (primary N) is 2. The molecular weight excluding hydrogens is 1770 g/mol. The fraction of sp³-hybridized carbons (Fsp3) is 0.278. The predicted octanol–water partition coefficient (Wildman–Crippen LogP) is 17.7. The number of rotatable bonds is 32. The average molecular weight is 1890 g/mol. The van der Waals surface area contributed by atoms with Crippen LogP contribution in [0.25, 0.3) is 87.0 Å². The van der Waals surface area contributed by atoms with Crippen molar-refractivity contribution < 1.29 is 23.9 Å². The summed E-state index contributed by atoms with van der Waals surface area (Å²) in [5.74, 6) is 5.38. The van der Waals surface area contributed by atoms with Gasteiger partial charge in [-0.25, -0.2) is 0 Å². The van der Waals surface area contributed by atoms with Gasteiger partial charge in [0.25, 0.3) is 0 Å². The zero-order chi connectivity index (χ0) is 96.3. The minimum Gasteiger partial charge on any atom is -0.497 e. The Hall–Kier alpha value is -15.4. The highest BCUT2D eigenvalue weighted by Crippen LogP contribution is 2.36. The summed E-state index contributed by atoms with van der Waals surface area (Å²) in [5.41, 5.74) is 28.8. The molecule has 20 aromatic rings. The van der Waals surface area contributed by atoms with E-state index in [9.17, 15) is 14.4 Å². The third kappa shape index (κ3) is 20.4. The summed E-state index contributed by atoms with van der Waals surface area (Å²) in [7, 11) is 1.67. The second-order valence-electron chi connectivity index (χ2n) is 38.2. The molecule has 142 heavy (non-hydrogen) atoms. The first-order valence-electron chi connectivity index (χ1n) is 49.9. The standard InChI is InChI=1S/C40H40N6O2.C39H40N8O.C36H40N8O2/c47-40(28-19-21-48-22-20-28)43-37(23-31-25-42-36-17-6-4-15-34(31)36)39-45-44-38(18-8-11-29-24-41-35-16-5-3-14-33(29)35)46(39)26-30-12-7-10-27-9-1-2-13-32(27)30;40-39(18-20-41-21-19-39)38(48)44-35(22-29-24-43-34-15-6-4-13-32(29)34)37-46-45-36(17-16-27-23-42-33-14-5-3-12-31(27)33)47(37)25-28-10-7-9-26-8-1-2-11-30(26)28;1-46-27-13-10-24(11-14-27)23-44-33(15-12-25-21-39-30-8-4-2-6-28(25)30)42-43-34(44)32(41-35(45)36(37)16-18-38-19-17-36)20-26-22-40-31-9-5-3-7-29(26)31/h1-7,9-10,12-17,24-25,28,37,41-42H,8,11,18-23,26H2,(H,43,47);1-15,23-24,35,41-43H,16-22,25,40H2,(H,44,48);2-11,13-14,21-22,32,38-40H,12,15-20,23,37H2,1H3,(H,41,45)/t37-;35-;32-/m111/s1. The summed E-state index contributed by atoms with van der Waals surface area (Å²) in [6, 6.07) is 86.6. The number of nitrogens with one attached hydrogen (secondary N) is 11. The first-order chi connectivity index (χ1) is 69.8. The lowest BCUT2D eigenvalue weighted by Gasteiger charge is -2.34. The maximum Gasteiger partial charge on any atom is 0.240 e. The Morgan fingerprint density at radius 3 is 1.07 bits per heavy atom. The summed E-state index contributed by atoms with van der Waals surface area (Å²) >= 11 is 0. The van der Waals surface area contributed by atoms with Gasteiger partial charge in [0.05, 0.1) is 55.9 Å². The van der Waals surface area contributed by atoms with Crippen molar-refractivity contribution in [3.63, 3.8) is 0 Å². The van der Waals surface area contributed by atoms with Gasteiger partial charge in [-0.2, -0.15) is 0 Å². The van der Waals surface area contributed by atoms with Crippen molar-refractivity contribution in [2.24, 2.45) is 17.4 Å². The average Bonchev–Trinajstić information content (AvgIpc) is 1.59. The predicted molar refractivity (Wildman–Crippen MR) is 560 cm³/mol. The first kappa shape index (κ1) is 92.9. The molecule has 3 aliphatic heterocycles. The molecule has 3 atom stereocenters. The molecule has 15 N–H and O–H groups in total. The van der Waals surface area contributed by atoms with Crippen molar-refractivity contribution in [3.8, 4) is 5.75 Å². The molecular formula is C115H120N22O5. The molecule has 0 aliphatic carbocycles. The van der Waals surface area contributed by atoms with Gasteiger partial charge in [0.2, 0.25) is 17.7 Å². The topological polar surface area (TPSA) is 369 Å². The van der Waals surface area contributed by atoms with E-state index in [1.807, 2.05) is 67.0 Å². The summed E-state index contributed by atoms with van der Waals surface area (Å²) in [5, 5.41) is 57.7. The Kier molecular flexibility index (Phi) is 27.7. The number of para-hydroxylation sites is 6. The van der Waals surface area contributed by atoms with Gasteiger partial charge < -0.3 is 91.1 Å². The van der Waals surface area contributed by atoms with Gasteiger partial charge in [-0.3, -0.25) is 14.4 Å². The van der Waals surface area contributed by atoms with Crippen molar-refractivity contribution in [2.45, 2.75) is 152 Å². The van der Waals surface area contributed by atoms with E-state index in [0.717, 1.165) is 151 Å². The molecule has 3 saturated heterocycles. The van der Waals surface area contributed by atoms with Crippen LogP contribution in [0.1, 0.15) is 148 Å². The monoisotopic (exact) mass is 1890 g/mol. The Morgan fingerprint density at radius 2 is 0.683 bits per heavy atom. The number of methoxy groups -OCH3 is 1. The highest BCUT2D eigenvalue weighted by atomic mass is 16.5. The Balaban J connectivity index is 0.000000126. The second kappa shape index (κ2) is 42.3. The van der Waals surface area contributed by atoms with Crippen LogP contribution in [0, 0.1) is 5.92 Å². The molecule has 720 valence electrons. The number of hydrogen-bond acceptors (Lipinski definition) is 15. The van der Waals surface area contributed by atoms with E-state index in [2.05, 4.69) is 295 Å². The number of nitrogens with zero attached hydrogens (tertiary/aromatic N) is 9. The summed E-state index contributed by atoms with van der Waals surface area (Å²) < 4.78 is 17.6. The van der Waals surface area contributed by atoms with E-state index in [-0.39, 0.29) is 29.7 Å². The van der Waals surface area contributed by atoms with Crippen molar-refractivity contribution in [3.05, 3.63) is 377 Å². The lowest BCUT2D eigenvalue weighted by Crippen LogP contribution is -2.59. The van der Waals surface area contributed by atoms with Gasteiger partial charge in [-0.05, 0) is 211 Å². The van der Waals surface area contributed by atoms with Gasteiger partial charge in [0.15, 0.2) is 17.5 Å². The smallest absolute Gasteiger partial charge is 0.240 e. The first-order valence-corrected chi connectivity index (χ1v) is 49.9. The van der Waals surface area contributed by atoms with E-state index in [0.29, 0.717) is 123 Å². The van der Waals surface area contributed by atoms with Crippen LogP contribution in [-0.2, 0) is 96.5 Å². The van der Waals surface area contributed by atoms with Crippen molar-refractivity contribution in [1.82, 2.24) is 101 Å². The third-order valence-corrected chi connectivity index (χ3v) is 29.2. The van der Waals surface area contributed by atoms with Gasteiger partial charge in [0, 0.05) is 160 Å². The van der Waals surface area contributed by atoms with Gasteiger partial charge in [-0.1, -0.05) is 206 Å². The summed E-state index contributed by atoms with van der Waals surface area (Å²) in [4.78, 5) is 62.1.